The van der Waals surface area contributed by atoms with Crippen LogP contribution in [0.15, 0.2) is 25.5 Å². The Kier molecular flexibility index (Phi) is 3.05. The number of anilines is 1. The summed E-state index contributed by atoms with van der Waals surface area (Å²) in [6.45, 7) is 5.33. The van der Waals surface area contributed by atoms with Gasteiger partial charge in [-0.3, -0.25) is 10.1 Å². The monoisotopic (exact) mass is 288 g/mol. The Labute approximate surface area is 119 Å². The zero-order valence-corrected chi connectivity index (χ0v) is 11.6. The summed E-state index contributed by atoms with van der Waals surface area (Å²) in [5.41, 5.74) is 1.30. The van der Waals surface area contributed by atoms with E-state index < -0.39 is 5.91 Å². The molecule has 3 aromatic rings. The molecule has 8 nitrogen and oxygen atoms in total. The van der Waals surface area contributed by atoms with E-state index >= 15 is 0 Å². The molecular weight excluding hydrogens is 276 g/mol. The molecule has 0 fully saturated rings. The average Bonchev–Trinajstić information content (AvgIpc) is 3.10. The lowest BCUT2D eigenvalue weighted by atomic mass is 10.2. The van der Waals surface area contributed by atoms with E-state index in [1.807, 2.05) is 6.92 Å². The first-order valence-electron chi connectivity index (χ1n) is 6.18. The van der Waals surface area contributed by atoms with Crippen LogP contribution < -0.4 is 5.32 Å². The number of hydrogen-bond donors (Lipinski definition) is 1. The van der Waals surface area contributed by atoms with Crippen molar-refractivity contribution in [2.75, 3.05) is 5.32 Å². The third-order valence-electron chi connectivity index (χ3n) is 2.77. The van der Waals surface area contributed by atoms with Gasteiger partial charge in [-0.05, 0) is 26.8 Å². The Morgan fingerprint density at radius 2 is 1.95 bits per heavy atom. The second kappa shape index (κ2) is 4.89. The largest absolute Gasteiger partial charge is 0.466 e. The minimum atomic E-state index is -0.508. The van der Waals surface area contributed by atoms with Gasteiger partial charge in [-0.15, -0.1) is 5.10 Å². The highest BCUT2D eigenvalue weighted by Gasteiger charge is 2.18. The van der Waals surface area contributed by atoms with Crippen LogP contribution in [0.1, 0.15) is 27.8 Å². The molecule has 0 saturated heterocycles. The van der Waals surface area contributed by atoms with Crippen molar-refractivity contribution in [1.29, 1.82) is 0 Å². The smallest absolute Gasteiger partial charge is 0.322 e. The van der Waals surface area contributed by atoms with Crippen LogP contribution in [0.5, 0.6) is 0 Å². The number of amides is 1. The molecule has 0 spiro atoms. The summed E-state index contributed by atoms with van der Waals surface area (Å²) in [5, 5.41) is 13.7. The van der Waals surface area contributed by atoms with E-state index in [4.69, 9.17) is 13.4 Å². The third kappa shape index (κ3) is 2.55. The lowest BCUT2D eigenvalue weighted by Gasteiger charge is -1.94. The molecule has 0 saturated carbocycles. The van der Waals surface area contributed by atoms with E-state index in [-0.39, 0.29) is 17.7 Å². The fourth-order valence-electron chi connectivity index (χ4n) is 1.86. The fraction of sp³-hybridized carbons (Fsp3) is 0.231. The number of carbonyl (C=O) groups excluding carboxylic acids is 1. The molecule has 0 bridgehead atoms. The number of nitrogens with one attached hydrogen (secondary N) is 1. The van der Waals surface area contributed by atoms with Crippen molar-refractivity contribution in [3.63, 3.8) is 0 Å². The van der Waals surface area contributed by atoms with Gasteiger partial charge in [0.1, 0.15) is 11.5 Å². The Balaban J connectivity index is 1.79. The zero-order chi connectivity index (χ0) is 15.0. The lowest BCUT2D eigenvalue weighted by Crippen LogP contribution is -2.11. The van der Waals surface area contributed by atoms with Crippen LogP contribution >= 0.6 is 0 Å². The fourth-order valence-corrected chi connectivity index (χ4v) is 1.86. The molecule has 3 aromatic heterocycles. The van der Waals surface area contributed by atoms with Crippen molar-refractivity contribution in [3.05, 3.63) is 35.1 Å². The van der Waals surface area contributed by atoms with E-state index in [2.05, 4.69) is 20.7 Å². The van der Waals surface area contributed by atoms with Crippen molar-refractivity contribution in [2.45, 2.75) is 20.8 Å². The van der Waals surface area contributed by atoms with Crippen molar-refractivity contribution in [3.8, 4) is 11.5 Å². The summed E-state index contributed by atoms with van der Waals surface area (Å²) in [7, 11) is 0. The van der Waals surface area contributed by atoms with Crippen LogP contribution in [-0.4, -0.2) is 21.3 Å². The maximum Gasteiger partial charge on any atom is 0.322 e. The SMILES string of the molecule is Cc1cc(C(=O)Nc2nnc(-c3cc(C)oc3C)o2)on1. The molecule has 8 heteroatoms. The number of carbonyl (C=O) groups is 1. The molecular formula is C13H12N4O4. The first-order chi connectivity index (χ1) is 10.0. The maximum absolute atomic E-state index is 11.9. The molecule has 1 amide bonds. The quantitative estimate of drug-likeness (QED) is 0.788. The molecule has 0 aliphatic heterocycles. The Hall–Kier alpha value is -2.90. The molecule has 0 aliphatic carbocycles. The zero-order valence-electron chi connectivity index (χ0n) is 11.6. The number of nitrogens with zero attached hydrogens (tertiary/aromatic N) is 3. The molecule has 3 rings (SSSR count). The molecule has 0 unspecified atom stereocenters. The van der Waals surface area contributed by atoms with Gasteiger partial charge in [0.25, 0.3) is 11.8 Å². The summed E-state index contributed by atoms with van der Waals surface area (Å²) in [4.78, 5) is 11.9. The van der Waals surface area contributed by atoms with Gasteiger partial charge in [0.05, 0.1) is 11.3 Å². The van der Waals surface area contributed by atoms with Gasteiger partial charge in [-0.25, -0.2) is 0 Å². The van der Waals surface area contributed by atoms with Crippen molar-refractivity contribution >= 4 is 11.9 Å². The average molecular weight is 288 g/mol. The topological polar surface area (TPSA) is 107 Å². The molecule has 0 aliphatic rings. The van der Waals surface area contributed by atoms with Crippen LogP contribution in [0.3, 0.4) is 0 Å². The van der Waals surface area contributed by atoms with Crippen LogP contribution in [0.2, 0.25) is 0 Å². The van der Waals surface area contributed by atoms with Crippen LogP contribution in [0.25, 0.3) is 11.5 Å². The Morgan fingerprint density at radius 3 is 2.57 bits per heavy atom. The molecule has 21 heavy (non-hydrogen) atoms. The number of aromatic nitrogens is 3. The minimum absolute atomic E-state index is 0.0256. The standard InChI is InChI=1S/C13H12N4O4/c1-6-4-10(21-17-6)11(18)14-13-16-15-12(20-13)9-5-7(2)19-8(9)3/h4-5H,1-3H3,(H,14,16,18). The number of hydrogen-bond acceptors (Lipinski definition) is 7. The van der Waals surface area contributed by atoms with Gasteiger partial charge in [-0.2, -0.15) is 0 Å². The van der Waals surface area contributed by atoms with Gasteiger partial charge < -0.3 is 13.4 Å². The van der Waals surface area contributed by atoms with Gasteiger partial charge in [0, 0.05) is 6.07 Å². The van der Waals surface area contributed by atoms with E-state index in [1.54, 1.807) is 19.9 Å². The summed E-state index contributed by atoms with van der Waals surface area (Å²) >= 11 is 0. The van der Waals surface area contributed by atoms with Crippen LogP contribution in [-0.2, 0) is 0 Å². The van der Waals surface area contributed by atoms with E-state index in [1.165, 1.54) is 6.07 Å². The lowest BCUT2D eigenvalue weighted by molar-refractivity contribution is 0.0985. The number of rotatable bonds is 3. The summed E-state index contributed by atoms with van der Waals surface area (Å²) < 4.78 is 15.6. The second-order valence-electron chi connectivity index (χ2n) is 4.53. The third-order valence-corrected chi connectivity index (χ3v) is 2.77. The van der Waals surface area contributed by atoms with Gasteiger partial charge in [-0.1, -0.05) is 10.3 Å². The van der Waals surface area contributed by atoms with E-state index in [0.29, 0.717) is 17.0 Å². The first-order valence-corrected chi connectivity index (χ1v) is 6.18. The van der Waals surface area contributed by atoms with Crippen LogP contribution in [0, 0.1) is 20.8 Å². The van der Waals surface area contributed by atoms with Gasteiger partial charge in [0.2, 0.25) is 5.76 Å². The summed E-state index contributed by atoms with van der Waals surface area (Å²) in [6, 6.07) is 3.27. The van der Waals surface area contributed by atoms with Crippen molar-refractivity contribution in [2.24, 2.45) is 0 Å². The molecule has 0 aromatic carbocycles. The highest BCUT2D eigenvalue weighted by atomic mass is 16.5. The highest BCUT2D eigenvalue weighted by molar-refractivity contribution is 6.00. The van der Waals surface area contributed by atoms with Crippen molar-refractivity contribution in [1.82, 2.24) is 15.4 Å². The number of aryl methyl sites for hydroxylation is 3. The van der Waals surface area contributed by atoms with E-state index in [9.17, 15) is 4.79 Å². The molecule has 0 atom stereocenters. The second-order valence-corrected chi connectivity index (χ2v) is 4.53. The predicted octanol–water partition coefficient (Wildman–Crippen LogP) is 2.50. The predicted molar refractivity (Wildman–Crippen MR) is 70.7 cm³/mol. The summed E-state index contributed by atoms with van der Waals surface area (Å²) in [5.74, 6) is 1.24. The number of furan rings is 1. The van der Waals surface area contributed by atoms with Crippen molar-refractivity contribution < 1.29 is 18.2 Å². The normalized spacial score (nSPS) is 10.8. The maximum atomic E-state index is 11.9. The van der Waals surface area contributed by atoms with Gasteiger partial charge in [0.15, 0.2) is 0 Å². The highest BCUT2D eigenvalue weighted by Crippen LogP contribution is 2.26. The molecule has 0 radical (unpaired) electrons. The van der Waals surface area contributed by atoms with Crippen LogP contribution in [0.4, 0.5) is 6.01 Å². The Morgan fingerprint density at radius 1 is 1.14 bits per heavy atom. The van der Waals surface area contributed by atoms with Gasteiger partial charge >= 0.3 is 6.01 Å². The Bertz CT molecular complexity index is 799. The minimum Gasteiger partial charge on any atom is -0.466 e. The molecule has 3 heterocycles. The van der Waals surface area contributed by atoms with E-state index in [0.717, 1.165) is 5.76 Å². The summed E-state index contributed by atoms with van der Waals surface area (Å²) in [6.07, 6.45) is 0. The molecule has 108 valence electrons. The molecule has 1 N–H and O–H groups in total. The first kappa shape index (κ1) is 13.1.